The Bertz CT molecular complexity index is 387. The van der Waals surface area contributed by atoms with Gasteiger partial charge in [-0.1, -0.05) is 0 Å². The van der Waals surface area contributed by atoms with Crippen molar-refractivity contribution in [1.82, 2.24) is 20.8 Å². The highest BCUT2D eigenvalue weighted by Crippen LogP contribution is 2.06. The summed E-state index contributed by atoms with van der Waals surface area (Å²) in [5, 5.41) is 13.3. The van der Waals surface area contributed by atoms with Gasteiger partial charge >= 0.3 is 0 Å². The van der Waals surface area contributed by atoms with Crippen LogP contribution in [-0.4, -0.2) is 34.7 Å². The molecule has 1 fully saturated rings. The van der Waals surface area contributed by atoms with Crippen molar-refractivity contribution >= 4 is 18.3 Å². The smallest absolute Gasteiger partial charge is 0.237 e. The normalized spacial score (nSPS) is 20.2. The van der Waals surface area contributed by atoms with Crippen LogP contribution in [0.2, 0.25) is 0 Å². The maximum atomic E-state index is 11.8. The molecule has 102 valence electrons. The minimum Gasteiger partial charge on any atom is -0.352 e. The average molecular weight is 273 g/mol. The molecule has 3 N–H and O–H groups in total. The van der Waals surface area contributed by atoms with Gasteiger partial charge in [0.15, 0.2) is 0 Å². The highest BCUT2D eigenvalue weighted by molar-refractivity contribution is 5.85. The first-order valence-electron chi connectivity index (χ1n) is 6.20. The van der Waals surface area contributed by atoms with Crippen LogP contribution < -0.4 is 10.6 Å². The first-order chi connectivity index (χ1) is 8.15. The molecule has 18 heavy (non-hydrogen) atoms. The number of aromatic amines is 1. The number of hydrogen-bond donors (Lipinski definition) is 3. The van der Waals surface area contributed by atoms with E-state index < -0.39 is 0 Å². The molecular formula is C12H21ClN4O. The van der Waals surface area contributed by atoms with Gasteiger partial charge in [-0.25, -0.2) is 0 Å². The van der Waals surface area contributed by atoms with Gasteiger partial charge in [-0.15, -0.1) is 12.4 Å². The van der Waals surface area contributed by atoms with E-state index in [0.29, 0.717) is 0 Å². The number of hydrogen-bond acceptors (Lipinski definition) is 3. The fourth-order valence-corrected chi connectivity index (χ4v) is 2.20. The summed E-state index contributed by atoms with van der Waals surface area (Å²) in [6.07, 6.45) is 2.80. The second kappa shape index (κ2) is 6.75. The Kier molecular flexibility index (Phi) is 5.62. The fraction of sp³-hybridized carbons (Fsp3) is 0.667. The van der Waals surface area contributed by atoms with Crippen molar-refractivity contribution < 1.29 is 4.79 Å². The van der Waals surface area contributed by atoms with Crippen molar-refractivity contribution in [1.29, 1.82) is 0 Å². The van der Waals surface area contributed by atoms with Crippen LogP contribution in [0.5, 0.6) is 0 Å². The highest BCUT2D eigenvalue weighted by Gasteiger charge is 2.23. The maximum absolute atomic E-state index is 11.8. The summed E-state index contributed by atoms with van der Waals surface area (Å²) in [5.41, 5.74) is 2.05. The third-order valence-corrected chi connectivity index (χ3v) is 3.04. The minimum absolute atomic E-state index is 0. The zero-order chi connectivity index (χ0) is 12.3. The summed E-state index contributed by atoms with van der Waals surface area (Å²) < 4.78 is 0. The Morgan fingerprint density at radius 2 is 2.44 bits per heavy atom. The van der Waals surface area contributed by atoms with Crippen molar-refractivity contribution in [3.05, 3.63) is 17.5 Å². The van der Waals surface area contributed by atoms with Crippen molar-refractivity contribution in [2.45, 2.75) is 45.2 Å². The zero-order valence-electron chi connectivity index (χ0n) is 10.8. The van der Waals surface area contributed by atoms with Crippen LogP contribution in [0.3, 0.4) is 0 Å². The third-order valence-electron chi connectivity index (χ3n) is 3.04. The number of carbonyl (C=O) groups is 1. The van der Waals surface area contributed by atoms with E-state index in [1.165, 1.54) is 0 Å². The van der Waals surface area contributed by atoms with Gasteiger partial charge in [0.05, 0.1) is 11.7 Å². The molecule has 1 saturated heterocycles. The topological polar surface area (TPSA) is 69.8 Å². The van der Waals surface area contributed by atoms with Gasteiger partial charge in [0.1, 0.15) is 0 Å². The lowest BCUT2D eigenvalue weighted by Gasteiger charge is -2.16. The molecule has 2 rings (SSSR count). The molecule has 5 nitrogen and oxygen atoms in total. The van der Waals surface area contributed by atoms with E-state index in [9.17, 15) is 4.79 Å². The van der Waals surface area contributed by atoms with E-state index in [-0.39, 0.29) is 30.4 Å². The first-order valence-corrected chi connectivity index (χ1v) is 6.20. The van der Waals surface area contributed by atoms with Gasteiger partial charge in [0.25, 0.3) is 0 Å². The molecule has 0 aromatic carbocycles. The van der Waals surface area contributed by atoms with Crippen LogP contribution in [0, 0.1) is 6.92 Å². The molecule has 2 heterocycles. The molecule has 2 unspecified atom stereocenters. The second-order valence-corrected chi connectivity index (χ2v) is 4.80. The van der Waals surface area contributed by atoms with E-state index in [0.717, 1.165) is 37.2 Å². The summed E-state index contributed by atoms with van der Waals surface area (Å²) >= 11 is 0. The van der Waals surface area contributed by atoms with Crippen molar-refractivity contribution in [3.8, 4) is 0 Å². The summed E-state index contributed by atoms with van der Waals surface area (Å²) in [6, 6.07) is 2.13. The number of carbonyl (C=O) groups excluding carboxylic acids is 1. The van der Waals surface area contributed by atoms with E-state index in [1.54, 1.807) is 0 Å². The number of halogens is 1. The van der Waals surface area contributed by atoms with Gasteiger partial charge in [0, 0.05) is 18.2 Å². The molecule has 1 amide bonds. The van der Waals surface area contributed by atoms with Crippen LogP contribution in [-0.2, 0) is 11.2 Å². The second-order valence-electron chi connectivity index (χ2n) is 4.80. The van der Waals surface area contributed by atoms with Gasteiger partial charge in [-0.2, -0.15) is 5.10 Å². The predicted octanol–water partition coefficient (Wildman–Crippen LogP) is 0.939. The lowest BCUT2D eigenvalue weighted by molar-refractivity contribution is -0.123. The number of aromatic nitrogens is 2. The summed E-state index contributed by atoms with van der Waals surface area (Å²) in [7, 11) is 0. The van der Waals surface area contributed by atoms with E-state index in [4.69, 9.17) is 0 Å². The Labute approximate surface area is 114 Å². The van der Waals surface area contributed by atoms with Gasteiger partial charge in [-0.3, -0.25) is 9.89 Å². The monoisotopic (exact) mass is 272 g/mol. The molecule has 1 aliphatic rings. The number of H-pyrrole nitrogens is 1. The highest BCUT2D eigenvalue weighted by atomic mass is 35.5. The molecule has 2 atom stereocenters. The predicted molar refractivity (Wildman–Crippen MR) is 72.9 cm³/mol. The Balaban J connectivity index is 0.00000162. The molecular weight excluding hydrogens is 252 g/mol. The van der Waals surface area contributed by atoms with Crippen LogP contribution in [0.1, 0.15) is 31.2 Å². The maximum Gasteiger partial charge on any atom is 0.237 e. The molecule has 1 aromatic rings. The average Bonchev–Trinajstić information content (AvgIpc) is 2.89. The Morgan fingerprint density at radius 1 is 1.67 bits per heavy atom. The minimum atomic E-state index is -0.00151. The standard InChI is InChI=1S/C12H20N4O.ClH/c1-8(6-10-7-9(2)15-16-10)14-12(17)11-4-3-5-13-11;/h7-8,11,13H,3-6H2,1-2H3,(H,14,17)(H,15,16);1H. The van der Waals surface area contributed by atoms with Crippen molar-refractivity contribution in [2.24, 2.45) is 0 Å². The Morgan fingerprint density at radius 3 is 3.00 bits per heavy atom. The fourth-order valence-electron chi connectivity index (χ4n) is 2.20. The lowest BCUT2D eigenvalue weighted by atomic mass is 10.1. The number of rotatable bonds is 4. The molecule has 0 radical (unpaired) electrons. The van der Waals surface area contributed by atoms with E-state index in [2.05, 4.69) is 20.8 Å². The van der Waals surface area contributed by atoms with Crippen LogP contribution in [0.15, 0.2) is 6.07 Å². The molecule has 1 aromatic heterocycles. The van der Waals surface area contributed by atoms with Crippen LogP contribution >= 0.6 is 12.4 Å². The van der Waals surface area contributed by atoms with E-state index in [1.807, 2.05) is 19.9 Å². The SMILES string of the molecule is Cc1cc(CC(C)NC(=O)C2CCCN2)n[nH]1.Cl. The molecule has 0 bridgehead atoms. The Hall–Kier alpha value is -1.07. The largest absolute Gasteiger partial charge is 0.352 e. The third kappa shape index (κ3) is 3.99. The van der Waals surface area contributed by atoms with Crippen LogP contribution in [0.4, 0.5) is 0 Å². The van der Waals surface area contributed by atoms with E-state index >= 15 is 0 Å². The van der Waals surface area contributed by atoms with Crippen LogP contribution in [0.25, 0.3) is 0 Å². The first kappa shape index (κ1) is 15.0. The summed E-state index contributed by atoms with van der Waals surface area (Å²) in [5.74, 6) is 0.113. The number of nitrogens with one attached hydrogen (secondary N) is 3. The van der Waals surface area contributed by atoms with Gasteiger partial charge in [-0.05, 0) is 39.3 Å². The number of amides is 1. The summed E-state index contributed by atoms with van der Waals surface area (Å²) in [6.45, 7) is 4.93. The van der Waals surface area contributed by atoms with Gasteiger partial charge < -0.3 is 10.6 Å². The lowest BCUT2D eigenvalue weighted by Crippen LogP contribution is -2.44. The van der Waals surface area contributed by atoms with Gasteiger partial charge in [0.2, 0.25) is 5.91 Å². The molecule has 0 saturated carbocycles. The molecule has 1 aliphatic heterocycles. The number of aryl methyl sites for hydroxylation is 1. The molecule has 6 heteroatoms. The van der Waals surface area contributed by atoms with Crippen molar-refractivity contribution in [3.63, 3.8) is 0 Å². The quantitative estimate of drug-likeness (QED) is 0.764. The molecule has 0 aliphatic carbocycles. The van der Waals surface area contributed by atoms with Crippen molar-refractivity contribution in [2.75, 3.05) is 6.54 Å². The number of nitrogens with zero attached hydrogens (tertiary/aromatic N) is 1. The zero-order valence-corrected chi connectivity index (χ0v) is 11.6. The summed E-state index contributed by atoms with van der Waals surface area (Å²) in [4.78, 5) is 11.8. The molecule has 0 spiro atoms.